The van der Waals surface area contributed by atoms with Gasteiger partial charge in [0.2, 0.25) is 5.91 Å². The van der Waals surface area contributed by atoms with Crippen LogP contribution in [0.2, 0.25) is 0 Å². The summed E-state index contributed by atoms with van der Waals surface area (Å²) < 4.78 is 15.3. The molecule has 1 aromatic carbocycles. The number of nitrogens with zero attached hydrogens (tertiary/aromatic N) is 3. The van der Waals surface area contributed by atoms with E-state index in [1.54, 1.807) is 12.1 Å². The Morgan fingerprint density at radius 1 is 1.26 bits per heavy atom. The summed E-state index contributed by atoms with van der Waals surface area (Å²) in [4.78, 5) is 15.6. The van der Waals surface area contributed by atoms with E-state index in [1.165, 1.54) is 23.4 Å². The summed E-state index contributed by atoms with van der Waals surface area (Å²) in [5, 5.41) is 6.57. The monoisotopic (exact) mass is 341 g/mol. The number of anilines is 1. The molecule has 0 aliphatic carbocycles. The zero-order valence-corrected chi connectivity index (χ0v) is 13.6. The summed E-state index contributed by atoms with van der Waals surface area (Å²) in [6.07, 6.45) is 6.98. The van der Waals surface area contributed by atoms with Gasteiger partial charge in [-0.25, -0.2) is 14.1 Å². The number of hydrogen-bond donors (Lipinski definition) is 2. The standard InChI is InChI=1S/C15H20FN5O.ClH/c16-13-9-12(6-7-14(13)21-11-18-10-19-21)20-15(22)5-3-1-2-4-8-17;/h6-7,9-11H,1-5,8,17H2,(H,20,22);1H. The predicted molar refractivity (Wildman–Crippen MR) is 89.3 cm³/mol. The van der Waals surface area contributed by atoms with E-state index in [0.29, 0.717) is 18.7 Å². The van der Waals surface area contributed by atoms with Gasteiger partial charge in [0.1, 0.15) is 18.3 Å². The second-order valence-corrected chi connectivity index (χ2v) is 5.01. The van der Waals surface area contributed by atoms with E-state index in [9.17, 15) is 9.18 Å². The zero-order chi connectivity index (χ0) is 15.8. The van der Waals surface area contributed by atoms with Gasteiger partial charge < -0.3 is 11.1 Å². The Kier molecular flexibility index (Phi) is 8.21. The number of carbonyl (C=O) groups is 1. The van der Waals surface area contributed by atoms with Crippen LogP contribution < -0.4 is 11.1 Å². The van der Waals surface area contributed by atoms with Crippen molar-refractivity contribution in [2.45, 2.75) is 32.1 Å². The lowest BCUT2D eigenvalue weighted by Gasteiger charge is -2.08. The van der Waals surface area contributed by atoms with Crippen molar-refractivity contribution in [1.82, 2.24) is 14.8 Å². The fourth-order valence-corrected chi connectivity index (χ4v) is 2.11. The predicted octanol–water partition coefficient (Wildman–Crippen LogP) is 2.68. The van der Waals surface area contributed by atoms with Crippen LogP contribution in [0.15, 0.2) is 30.9 Å². The maximum absolute atomic E-state index is 14.0. The Morgan fingerprint density at radius 2 is 2.04 bits per heavy atom. The van der Waals surface area contributed by atoms with E-state index in [0.717, 1.165) is 25.7 Å². The molecule has 0 aliphatic heterocycles. The number of nitrogens with two attached hydrogens (primary N) is 1. The Morgan fingerprint density at radius 3 is 2.70 bits per heavy atom. The van der Waals surface area contributed by atoms with Crippen LogP contribution in [0, 0.1) is 5.82 Å². The van der Waals surface area contributed by atoms with Crippen LogP contribution in [-0.4, -0.2) is 27.2 Å². The highest BCUT2D eigenvalue weighted by Crippen LogP contribution is 2.17. The van der Waals surface area contributed by atoms with Crippen molar-refractivity contribution in [3.63, 3.8) is 0 Å². The van der Waals surface area contributed by atoms with Crippen LogP contribution in [-0.2, 0) is 4.79 Å². The average molecular weight is 342 g/mol. The lowest BCUT2D eigenvalue weighted by molar-refractivity contribution is -0.116. The summed E-state index contributed by atoms with van der Waals surface area (Å²) in [6.45, 7) is 0.684. The summed E-state index contributed by atoms with van der Waals surface area (Å²) in [6, 6.07) is 4.48. The van der Waals surface area contributed by atoms with Gasteiger partial charge >= 0.3 is 0 Å². The average Bonchev–Trinajstić information content (AvgIpc) is 3.01. The minimum Gasteiger partial charge on any atom is -0.330 e. The summed E-state index contributed by atoms with van der Waals surface area (Å²) in [5.41, 5.74) is 6.14. The summed E-state index contributed by atoms with van der Waals surface area (Å²) >= 11 is 0. The highest BCUT2D eigenvalue weighted by molar-refractivity contribution is 5.90. The van der Waals surface area contributed by atoms with E-state index in [1.807, 2.05) is 0 Å². The number of aromatic nitrogens is 3. The third-order valence-electron chi connectivity index (χ3n) is 3.25. The SMILES string of the molecule is Cl.NCCCCCCC(=O)Nc1ccc(-n2cncn2)c(F)c1. The van der Waals surface area contributed by atoms with E-state index >= 15 is 0 Å². The van der Waals surface area contributed by atoms with E-state index in [-0.39, 0.29) is 24.0 Å². The van der Waals surface area contributed by atoms with Gasteiger partial charge in [-0.05, 0) is 37.6 Å². The van der Waals surface area contributed by atoms with Crippen molar-refractivity contribution in [3.8, 4) is 5.69 Å². The minimum atomic E-state index is -0.466. The number of amides is 1. The molecular formula is C15H21ClFN5O. The van der Waals surface area contributed by atoms with Gasteiger partial charge in [0.25, 0.3) is 0 Å². The fraction of sp³-hybridized carbons (Fsp3) is 0.400. The topological polar surface area (TPSA) is 85.8 Å². The van der Waals surface area contributed by atoms with Gasteiger partial charge in [-0.15, -0.1) is 12.4 Å². The first-order valence-electron chi connectivity index (χ1n) is 7.35. The number of halogens is 2. The molecule has 0 spiro atoms. The number of benzene rings is 1. The molecule has 3 N–H and O–H groups in total. The van der Waals surface area contributed by atoms with Gasteiger partial charge in [-0.3, -0.25) is 4.79 Å². The molecule has 6 nitrogen and oxygen atoms in total. The van der Waals surface area contributed by atoms with Gasteiger partial charge in [-0.2, -0.15) is 5.10 Å². The normalized spacial score (nSPS) is 10.2. The minimum absolute atomic E-state index is 0. The van der Waals surface area contributed by atoms with Crippen LogP contribution in [0.3, 0.4) is 0 Å². The Bertz CT molecular complexity index is 606. The number of hydrogen-bond acceptors (Lipinski definition) is 4. The van der Waals surface area contributed by atoms with Crippen LogP contribution in [0.1, 0.15) is 32.1 Å². The lowest BCUT2D eigenvalue weighted by Crippen LogP contribution is -2.11. The first-order valence-corrected chi connectivity index (χ1v) is 7.35. The highest BCUT2D eigenvalue weighted by atomic mass is 35.5. The Labute approximate surface area is 140 Å². The molecule has 23 heavy (non-hydrogen) atoms. The maximum Gasteiger partial charge on any atom is 0.224 e. The van der Waals surface area contributed by atoms with Gasteiger partial charge in [0.05, 0.1) is 0 Å². The molecule has 2 aromatic rings. The molecule has 0 atom stereocenters. The lowest BCUT2D eigenvalue weighted by atomic mass is 10.1. The van der Waals surface area contributed by atoms with Gasteiger partial charge in [-0.1, -0.05) is 12.8 Å². The van der Waals surface area contributed by atoms with Crippen molar-refractivity contribution in [3.05, 3.63) is 36.7 Å². The number of nitrogens with one attached hydrogen (secondary N) is 1. The molecule has 8 heteroatoms. The number of unbranched alkanes of at least 4 members (excludes halogenated alkanes) is 3. The Balaban J connectivity index is 0.00000264. The van der Waals surface area contributed by atoms with Crippen molar-refractivity contribution in [2.24, 2.45) is 5.73 Å². The first kappa shape index (κ1) is 19.1. The molecule has 0 saturated carbocycles. The van der Waals surface area contributed by atoms with Crippen molar-refractivity contribution < 1.29 is 9.18 Å². The van der Waals surface area contributed by atoms with Crippen LogP contribution in [0.5, 0.6) is 0 Å². The zero-order valence-electron chi connectivity index (χ0n) is 12.7. The van der Waals surface area contributed by atoms with Crippen molar-refractivity contribution in [1.29, 1.82) is 0 Å². The molecule has 0 fully saturated rings. The second-order valence-electron chi connectivity index (χ2n) is 5.01. The summed E-state index contributed by atoms with van der Waals surface area (Å²) in [7, 11) is 0. The van der Waals surface area contributed by atoms with Crippen molar-refractivity contribution >= 4 is 24.0 Å². The first-order chi connectivity index (χ1) is 10.7. The van der Waals surface area contributed by atoms with Crippen LogP contribution in [0.25, 0.3) is 5.69 Å². The van der Waals surface area contributed by atoms with Gasteiger partial charge in [0.15, 0.2) is 5.82 Å². The molecule has 0 radical (unpaired) electrons. The molecule has 0 aliphatic rings. The van der Waals surface area contributed by atoms with E-state index in [4.69, 9.17) is 5.73 Å². The van der Waals surface area contributed by atoms with Crippen LogP contribution >= 0.6 is 12.4 Å². The number of carbonyl (C=O) groups excluding carboxylic acids is 1. The summed E-state index contributed by atoms with van der Waals surface area (Å²) in [5.74, 6) is -0.577. The van der Waals surface area contributed by atoms with E-state index < -0.39 is 5.82 Å². The smallest absolute Gasteiger partial charge is 0.224 e. The quantitative estimate of drug-likeness (QED) is 0.723. The molecule has 126 valence electrons. The molecule has 1 heterocycles. The largest absolute Gasteiger partial charge is 0.330 e. The van der Waals surface area contributed by atoms with Crippen molar-refractivity contribution in [2.75, 3.05) is 11.9 Å². The third kappa shape index (κ3) is 5.96. The molecule has 2 rings (SSSR count). The molecule has 0 unspecified atom stereocenters. The second kappa shape index (κ2) is 9.91. The Hall–Kier alpha value is -1.99. The van der Waals surface area contributed by atoms with Crippen LogP contribution in [0.4, 0.5) is 10.1 Å². The maximum atomic E-state index is 14.0. The molecule has 0 saturated heterocycles. The third-order valence-corrected chi connectivity index (χ3v) is 3.25. The number of rotatable bonds is 8. The fourth-order valence-electron chi connectivity index (χ4n) is 2.11. The molecule has 1 aromatic heterocycles. The molecule has 1 amide bonds. The van der Waals surface area contributed by atoms with E-state index in [2.05, 4.69) is 15.4 Å². The van der Waals surface area contributed by atoms with Gasteiger partial charge in [0, 0.05) is 12.1 Å². The molecular weight excluding hydrogens is 321 g/mol. The molecule has 0 bridgehead atoms. The highest BCUT2D eigenvalue weighted by Gasteiger charge is 2.08.